The minimum absolute atomic E-state index is 0.0763. The van der Waals surface area contributed by atoms with Gasteiger partial charge in [0.15, 0.2) is 11.9 Å². The van der Waals surface area contributed by atoms with E-state index in [2.05, 4.69) is 15.1 Å². The van der Waals surface area contributed by atoms with Crippen LogP contribution in [0.5, 0.6) is 5.75 Å². The molecule has 1 saturated heterocycles. The summed E-state index contributed by atoms with van der Waals surface area (Å²) >= 11 is 6.23. The van der Waals surface area contributed by atoms with E-state index in [0.29, 0.717) is 22.9 Å². The molecular weight excluding hydrogens is 443 g/mol. The van der Waals surface area contributed by atoms with Gasteiger partial charge in [0.05, 0.1) is 23.1 Å². The molecule has 3 aromatic rings. The van der Waals surface area contributed by atoms with Gasteiger partial charge in [0.2, 0.25) is 0 Å². The smallest absolute Gasteiger partial charge is 0.407 e. The fourth-order valence-electron chi connectivity index (χ4n) is 3.95. The normalized spacial score (nSPS) is 14.9. The van der Waals surface area contributed by atoms with E-state index >= 15 is 4.39 Å². The van der Waals surface area contributed by atoms with Crippen molar-refractivity contribution >= 4 is 40.8 Å². The van der Waals surface area contributed by atoms with E-state index < -0.39 is 23.9 Å². The Hall–Kier alpha value is -3.47. The molecule has 0 saturated carbocycles. The standard InChI is InChI=1S/C20H20ClFN6O4/c1-3-32-17-11(4-12(21)16(22)14(17)10-5-27(6-10)20(30)31)9(2)28-19-15(13(7-29)26-28)18(23)24-8-25-19/h4,7-10H,3,5-6H2,1-2H3,(H,30,31)(H2,23,24,25). The summed E-state index contributed by atoms with van der Waals surface area (Å²) in [5.41, 5.74) is 7.07. The molecule has 12 heteroatoms. The van der Waals surface area contributed by atoms with Crippen molar-refractivity contribution in [3.8, 4) is 5.75 Å². The number of nitrogens with two attached hydrogens (primary N) is 1. The molecule has 0 radical (unpaired) electrons. The number of aromatic nitrogens is 4. The monoisotopic (exact) mass is 462 g/mol. The van der Waals surface area contributed by atoms with Gasteiger partial charge in [-0.2, -0.15) is 5.10 Å². The average Bonchev–Trinajstić information content (AvgIpc) is 3.11. The van der Waals surface area contributed by atoms with Crippen LogP contribution >= 0.6 is 11.6 Å². The van der Waals surface area contributed by atoms with Crippen molar-refractivity contribution in [3.05, 3.63) is 40.1 Å². The molecule has 1 aliphatic rings. The van der Waals surface area contributed by atoms with Gasteiger partial charge in [-0.1, -0.05) is 11.6 Å². The lowest BCUT2D eigenvalue weighted by Gasteiger charge is -2.38. The van der Waals surface area contributed by atoms with E-state index in [0.717, 1.165) is 0 Å². The maximum atomic E-state index is 15.1. The van der Waals surface area contributed by atoms with Gasteiger partial charge in [-0.15, -0.1) is 0 Å². The number of hydrogen-bond acceptors (Lipinski definition) is 7. The predicted molar refractivity (Wildman–Crippen MR) is 114 cm³/mol. The lowest BCUT2D eigenvalue weighted by atomic mass is 9.88. The lowest BCUT2D eigenvalue weighted by Crippen LogP contribution is -2.48. The molecule has 0 spiro atoms. The Morgan fingerprint density at radius 3 is 2.81 bits per heavy atom. The van der Waals surface area contributed by atoms with Crippen LogP contribution in [0.4, 0.5) is 15.0 Å². The van der Waals surface area contributed by atoms with Crippen molar-refractivity contribution in [2.24, 2.45) is 0 Å². The third-order valence-corrected chi connectivity index (χ3v) is 5.83. The number of aldehydes is 1. The minimum Gasteiger partial charge on any atom is -0.493 e. The number of halogens is 2. The second-order valence-electron chi connectivity index (χ2n) is 7.40. The molecule has 2 aromatic heterocycles. The molecule has 3 heterocycles. The highest BCUT2D eigenvalue weighted by atomic mass is 35.5. The topological polar surface area (TPSA) is 136 Å². The number of nitrogen functional groups attached to an aromatic ring is 1. The Kier molecular flexibility index (Phi) is 5.59. The number of ether oxygens (including phenoxy) is 1. The highest BCUT2D eigenvalue weighted by molar-refractivity contribution is 6.31. The van der Waals surface area contributed by atoms with Crippen LogP contribution in [0.2, 0.25) is 5.02 Å². The summed E-state index contributed by atoms with van der Waals surface area (Å²) in [4.78, 5) is 32.0. The Labute approximate surface area is 186 Å². The lowest BCUT2D eigenvalue weighted by molar-refractivity contribution is 0.103. The van der Waals surface area contributed by atoms with Crippen molar-refractivity contribution in [2.75, 3.05) is 25.4 Å². The SMILES string of the molecule is CCOc1c(C(C)n2nc(C=O)c3c(N)ncnc32)cc(Cl)c(F)c1C1CN(C(=O)O)C1. The number of rotatable bonds is 6. The number of carboxylic acid groups (broad SMARTS) is 1. The Bertz CT molecular complexity index is 1230. The summed E-state index contributed by atoms with van der Waals surface area (Å²) in [6.07, 6.45) is 0.752. The summed E-state index contributed by atoms with van der Waals surface area (Å²) in [7, 11) is 0. The molecule has 32 heavy (non-hydrogen) atoms. The molecule has 1 aliphatic heterocycles. The zero-order valence-corrected chi connectivity index (χ0v) is 18.0. The van der Waals surface area contributed by atoms with Crippen LogP contribution in [0.25, 0.3) is 11.0 Å². The van der Waals surface area contributed by atoms with Gasteiger partial charge < -0.3 is 20.5 Å². The van der Waals surface area contributed by atoms with Crippen molar-refractivity contribution in [1.29, 1.82) is 0 Å². The first-order valence-corrected chi connectivity index (χ1v) is 10.2. The second-order valence-corrected chi connectivity index (χ2v) is 7.81. The Balaban J connectivity index is 1.87. The third-order valence-electron chi connectivity index (χ3n) is 5.56. The molecule has 1 aromatic carbocycles. The number of carbonyl (C=O) groups is 2. The number of anilines is 1. The molecule has 168 valence electrons. The summed E-state index contributed by atoms with van der Waals surface area (Å²) in [6.45, 7) is 4.04. The van der Waals surface area contributed by atoms with Crippen molar-refractivity contribution < 1.29 is 23.8 Å². The van der Waals surface area contributed by atoms with Crippen LogP contribution < -0.4 is 10.5 Å². The quantitative estimate of drug-likeness (QED) is 0.533. The van der Waals surface area contributed by atoms with E-state index in [9.17, 15) is 9.59 Å². The van der Waals surface area contributed by atoms with Gasteiger partial charge in [-0.05, 0) is 19.9 Å². The van der Waals surface area contributed by atoms with Gasteiger partial charge in [0.1, 0.15) is 29.4 Å². The first-order chi connectivity index (χ1) is 15.3. The molecule has 10 nitrogen and oxygen atoms in total. The summed E-state index contributed by atoms with van der Waals surface area (Å²) in [5, 5.41) is 13.7. The number of hydrogen-bond donors (Lipinski definition) is 2. The van der Waals surface area contributed by atoms with E-state index in [-0.39, 0.29) is 47.5 Å². The molecule has 1 amide bonds. The van der Waals surface area contributed by atoms with Gasteiger partial charge in [-0.25, -0.2) is 23.8 Å². The maximum absolute atomic E-state index is 15.1. The molecule has 1 fully saturated rings. The maximum Gasteiger partial charge on any atom is 0.407 e. The highest BCUT2D eigenvalue weighted by Gasteiger charge is 2.38. The van der Waals surface area contributed by atoms with Crippen LogP contribution in [0.3, 0.4) is 0 Å². The molecule has 0 bridgehead atoms. The summed E-state index contributed by atoms with van der Waals surface area (Å²) < 4.78 is 22.4. The van der Waals surface area contributed by atoms with Crippen LogP contribution in [0.1, 0.15) is 47.4 Å². The molecule has 3 N–H and O–H groups in total. The first kappa shape index (κ1) is 21.8. The number of amides is 1. The van der Waals surface area contributed by atoms with Crippen LogP contribution in [0.15, 0.2) is 12.4 Å². The van der Waals surface area contributed by atoms with Gasteiger partial charge in [0.25, 0.3) is 0 Å². The predicted octanol–water partition coefficient (Wildman–Crippen LogP) is 3.10. The van der Waals surface area contributed by atoms with E-state index in [1.54, 1.807) is 13.8 Å². The van der Waals surface area contributed by atoms with Crippen molar-refractivity contribution in [3.63, 3.8) is 0 Å². The average molecular weight is 463 g/mol. The van der Waals surface area contributed by atoms with Gasteiger partial charge in [-0.3, -0.25) is 4.79 Å². The van der Waals surface area contributed by atoms with E-state index in [1.165, 1.54) is 22.0 Å². The van der Waals surface area contributed by atoms with Gasteiger partial charge >= 0.3 is 6.09 Å². The molecule has 0 aliphatic carbocycles. The molecule has 1 unspecified atom stereocenters. The number of benzene rings is 1. The Morgan fingerprint density at radius 2 is 2.19 bits per heavy atom. The molecular formula is C20H20ClFN6O4. The summed E-state index contributed by atoms with van der Waals surface area (Å²) in [6, 6.07) is 0.872. The minimum atomic E-state index is -1.07. The van der Waals surface area contributed by atoms with Crippen LogP contribution in [-0.4, -0.2) is 61.8 Å². The number of fused-ring (bicyclic) bond motifs is 1. The zero-order valence-electron chi connectivity index (χ0n) is 17.2. The first-order valence-electron chi connectivity index (χ1n) is 9.84. The largest absolute Gasteiger partial charge is 0.493 e. The Morgan fingerprint density at radius 1 is 1.47 bits per heavy atom. The summed E-state index contributed by atoms with van der Waals surface area (Å²) in [5.74, 6) is -0.668. The van der Waals surface area contributed by atoms with E-state index in [1.807, 2.05) is 0 Å². The zero-order chi connectivity index (χ0) is 23.2. The van der Waals surface area contributed by atoms with Crippen LogP contribution in [-0.2, 0) is 0 Å². The van der Waals surface area contributed by atoms with Crippen molar-refractivity contribution in [1.82, 2.24) is 24.6 Å². The van der Waals surface area contributed by atoms with E-state index in [4.69, 9.17) is 27.2 Å². The fraction of sp³-hybridized carbons (Fsp3) is 0.350. The molecule has 4 rings (SSSR count). The van der Waals surface area contributed by atoms with Gasteiger partial charge in [0, 0.05) is 30.1 Å². The number of carbonyl (C=O) groups excluding carboxylic acids is 1. The highest BCUT2D eigenvalue weighted by Crippen LogP contribution is 2.43. The third kappa shape index (κ3) is 3.38. The second kappa shape index (κ2) is 8.23. The molecule has 1 atom stereocenters. The fourth-order valence-corrected chi connectivity index (χ4v) is 4.17. The van der Waals surface area contributed by atoms with Crippen LogP contribution in [0, 0.1) is 5.82 Å². The number of nitrogens with zero attached hydrogens (tertiary/aromatic N) is 5. The van der Waals surface area contributed by atoms with Crippen molar-refractivity contribution in [2.45, 2.75) is 25.8 Å². The number of likely N-dealkylation sites (tertiary alicyclic amines) is 1.